The maximum atomic E-state index is 12.2. The van der Waals surface area contributed by atoms with Crippen molar-refractivity contribution in [2.45, 2.75) is 22.2 Å². The number of fused-ring (bicyclic) bond motifs is 1. The van der Waals surface area contributed by atoms with Gasteiger partial charge in [0.25, 0.3) is 5.56 Å². The molecule has 0 aliphatic carbocycles. The fourth-order valence-electron chi connectivity index (χ4n) is 2.10. The Kier molecular flexibility index (Phi) is 4.30. The summed E-state index contributed by atoms with van der Waals surface area (Å²) in [6, 6.07) is 3.30. The lowest BCUT2D eigenvalue weighted by Gasteiger charge is -2.08. The van der Waals surface area contributed by atoms with Gasteiger partial charge in [0, 0.05) is 19.2 Å². The third-order valence-corrected chi connectivity index (χ3v) is 5.41. The summed E-state index contributed by atoms with van der Waals surface area (Å²) in [7, 11) is 3.03. The molecule has 6 nitrogen and oxygen atoms in total. The molecule has 0 fully saturated rings. The van der Waals surface area contributed by atoms with Crippen molar-refractivity contribution in [1.82, 2.24) is 9.55 Å². The van der Waals surface area contributed by atoms with Crippen LogP contribution in [0.15, 0.2) is 31.4 Å². The number of carbonyl (C=O) groups is 1. The Bertz CT molecular complexity index is 782. The highest BCUT2D eigenvalue weighted by atomic mass is 32.2. The molecule has 2 aromatic rings. The lowest BCUT2D eigenvalue weighted by atomic mass is 10.3. The number of aryl methyl sites for hydroxylation is 1. The first kappa shape index (κ1) is 15.2. The zero-order chi connectivity index (χ0) is 15.7. The van der Waals surface area contributed by atoms with Crippen LogP contribution >= 0.6 is 23.5 Å². The molecular formula is C14H14N2O4S2. The third kappa shape index (κ3) is 2.80. The molecule has 8 heteroatoms. The van der Waals surface area contributed by atoms with Gasteiger partial charge in [0.1, 0.15) is 5.76 Å². The first-order valence-electron chi connectivity index (χ1n) is 6.62. The number of hydrogen-bond donors (Lipinski definition) is 0. The topological polar surface area (TPSA) is 74.3 Å². The number of rotatable bonds is 4. The molecule has 0 bridgehead atoms. The second-order valence-electron chi connectivity index (χ2n) is 4.68. The predicted octanol–water partition coefficient (Wildman–Crippen LogP) is 2.10. The van der Waals surface area contributed by atoms with E-state index in [1.54, 1.807) is 35.5 Å². The summed E-state index contributed by atoms with van der Waals surface area (Å²) in [6.45, 7) is 0. The number of esters is 1. The monoisotopic (exact) mass is 338 g/mol. The highest BCUT2D eigenvalue weighted by Crippen LogP contribution is 2.29. The summed E-state index contributed by atoms with van der Waals surface area (Å²) in [6.07, 6.45) is 0.830. The van der Waals surface area contributed by atoms with Crippen LogP contribution in [-0.4, -0.2) is 28.4 Å². The number of aromatic nitrogens is 2. The van der Waals surface area contributed by atoms with Crippen LogP contribution in [0, 0.1) is 0 Å². The van der Waals surface area contributed by atoms with Gasteiger partial charge >= 0.3 is 5.97 Å². The van der Waals surface area contributed by atoms with Crippen molar-refractivity contribution in [2.75, 3.05) is 12.9 Å². The van der Waals surface area contributed by atoms with Crippen LogP contribution in [0.2, 0.25) is 0 Å². The molecule has 0 amide bonds. The van der Waals surface area contributed by atoms with Crippen LogP contribution in [0.4, 0.5) is 0 Å². The van der Waals surface area contributed by atoms with Crippen molar-refractivity contribution in [1.29, 1.82) is 0 Å². The average molecular weight is 338 g/mol. The Hall–Kier alpha value is -1.67. The molecule has 0 aromatic carbocycles. The molecule has 0 unspecified atom stereocenters. The molecule has 2 aromatic heterocycles. The van der Waals surface area contributed by atoms with Crippen LogP contribution in [0.3, 0.4) is 0 Å². The minimum atomic E-state index is -0.503. The minimum absolute atomic E-state index is 0.00435. The maximum absolute atomic E-state index is 12.2. The fourth-order valence-corrected chi connectivity index (χ4v) is 4.05. The average Bonchev–Trinajstić information content (AvgIpc) is 3.17. The smallest absolute Gasteiger partial charge is 0.373 e. The second kappa shape index (κ2) is 6.21. The third-order valence-electron chi connectivity index (χ3n) is 3.26. The van der Waals surface area contributed by atoms with Crippen LogP contribution in [0.25, 0.3) is 0 Å². The minimum Gasteiger partial charge on any atom is -0.463 e. The predicted molar refractivity (Wildman–Crippen MR) is 83.5 cm³/mol. The molecule has 0 N–H and O–H groups in total. The van der Waals surface area contributed by atoms with E-state index in [9.17, 15) is 9.59 Å². The van der Waals surface area contributed by atoms with E-state index in [1.165, 1.54) is 18.9 Å². The number of thioether (sulfide) groups is 2. The number of furan rings is 1. The molecular weight excluding hydrogens is 324 g/mol. The standard InChI is InChI=1S/C14H14N2O4S2/c1-16-12(17)11-9(5-6-21-11)15-14(16)22-7-8-3-4-10(20-8)13(18)19-2/h3-4H,5-7H2,1-2H3. The van der Waals surface area contributed by atoms with E-state index < -0.39 is 5.97 Å². The van der Waals surface area contributed by atoms with Crippen molar-refractivity contribution >= 4 is 29.5 Å². The quantitative estimate of drug-likeness (QED) is 0.480. The zero-order valence-electron chi connectivity index (χ0n) is 12.1. The fraction of sp³-hybridized carbons (Fsp3) is 0.357. The summed E-state index contributed by atoms with van der Waals surface area (Å²) >= 11 is 2.98. The van der Waals surface area contributed by atoms with Gasteiger partial charge in [-0.3, -0.25) is 9.36 Å². The van der Waals surface area contributed by atoms with E-state index >= 15 is 0 Å². The van der Waals surface area contributed by atoms with E-state index in [1.807, 2.05) is 0 Å². The molecule has 3 rings (SSSR count). The number of nitrogens with zero attached hydrogens (tertiary/aromatic N) is 2. The number of carbonyl (C=O) groups excluding carboxylic acids is 1. The molecule has 1 aliphatic rings. The molecule has 0 saturated heterocycles. The molecule has 0 saturated carbocycles. The molecule has 22 heavy (non-hydrogen) atoms. The van der Waals surface area contributed by atoms with E-state index in [0.29, 0.717) is 16.7 Å². The van der Waals surface area contributed by atoms with Crippen LogP contribution in [0.1, 0.15) is 22.0 Å². The van der Waals surface area contributed by atoms with E-state index in [4.69, 9.17) is 4.42 Å². The molecule has 0 radical (unpaired) electrons. The van der Waals surface area contributed by atoms with Crippen molar-refractivity contribution in [3.63, 3.8) is 0 Å². The van der Waals surface area contributed by atoms with E-state index in [2.05, 4.69) is 9.72 Å². The SMILES string of the molecule is COC(=O)c1ccc(CSc2nc3c(c(=O)n2C)SCC3)o1. The van der Waals surface area contributed by atoms with Crippen LogP contribution in [-0.2, 0) is 24.0 Å². The van der Waals surface area contributed by atoms with Crippen molar-refractivity contribution < 1.29 is 13.9 Å². The molecule has 116 valence electrons. The molecule has 1 aliphatic heterocycles. The Labute approximate surface area is 135 Å². The van der Waals surface area contributed by atoms with Gasteiger partial charge in [0.2, 0.25) is 5.76 Å². The number of hydrogen-bond acceptors (Lipinski definition) is 7. The maximum Gasteiger partial charge on any atom is 0.373 e. The number of ether oxygens (including phenoxy) is 1. The highest BCUT2D eigenvalue weighted by Gasteiger charge is 2.20. The number of methoxy groups -OCH3 is 1. The molecule has 3 heterocycles. The summed E-state index contributed by atoms with van der Waals surface area (Å²) in [5.41, 5.74) is 0.884. The normalized spacial score (nSPS) is 13.2. The van der Waals surface area contributed by atoms with Gasteiger partial charge < -0.3 is 9.15 Å². The zero-order valence-corrected chi connectivity index (χ0v) is 13.8. The first-order valence-corrected chi connectivity index (χ1v) is 8.60. The summed E-state index contributed by atoms with van der Waals surface area (Å²) in [4.78, 5) is 28.9. The lowest BCUT2D eigenvalue weighted by molar-refractivity contribution is 0.0563. The Morgan fingerprint density at radius 1 is 1.55 bits per heavy atom. The van der Waals surface area contributed by atoms with Gasteiger partial charge in [-0.2, -0.15) is 0 Å². The van der Waals surface area contributed by atoms with Gasteiger partial charge in [-0.25, -0.2) is 9.78 Å². The second-order valence-corrected chi connectivity index (χ2v) is 6.73. The van der Waals surface area contributed by atoms with E-state index in [0.717, 1.165) is 22.8 Å². The van der Waals surface area contributed by atoms with Gasteiger partial charge in [0.05, 0.1) is 23.5 Å². The van der Waals surface area contributed by atoms with Crippen molar-refractivity contribution in [2.24, 2.45) is 7.05 Å². The molecule has 0 spiro atoms. The molecule has 0 atom stereocenters. The van der Waals surface area contributed by atoms with Crippen LogP contribution < -0.4 is 5.56 Å². The first-order chi connectivity index (χ1) is 10.6. The largest absolute Gasteiger partial charge is 0.463 e. The van der Waals surface area contributed by atoms with Crippen LogP contribution in [0.5, 0.6) is 0 Å². The van der Waals surface area contributed by atoms with Gasteiger partial charge in [-0.05, 0) is 12.1 Å². The Morgan fingerprint density at radius 3 is 3.14 bits per heavy atom. The summed E-state index contributed by atoms with van der Waals surface area (Å²) in [5, 5.41) is 0.655. The Morgan fingerprint density at radius 2 is 2.36 bits per heavy atom. The van der Waals surface area contributed by atoms with E-state index in [-0.39, 0.29) is 11.3 Å². The Balaban J connectivity index is 1.77. The lowest BCUT2D eigenvalue weighted by Crippen LogP contribution is -2.22. The van der Waals surface area contributed by atoms with Gasteiger partial charge in [0.15, 0.2) is 5.16 Å². The van der Waals surface area contributed by atoms with Crippen molar-refractivity contribution in [3.05, 3.63) is 39.7 Å². The summed E-state index contributed by atoms with van der Waals surface area (Å²) in [5.74, 6) is 1.70. The summed E-state index contributed by atoms with van der Waals surface area (Å²) < 4.78 is 11.6. The highest BCUT2D eigenvalue weighted by molar-refractivity contribution is 7.99. The van der Waals surface area contributed by atoms with Gasteiger partial charge in [-0.1, -0.05) is 11.8 Å². The van der Waals surface area contributed by atoms with Gasteiger partial charge in [-0.15, -0.1) is 11.8 Å². The van der Waals surface area contributed by atoms with Crippen molar-refractivity contribution in [3.8, 4) is 0 Å².